The number of likely N-dealkylation sites (N-methyl/N-ethyl adjacent to an activating group) is 1. The van der Waals surface area contributed by atoms with Gasteiger partial charge in [-0.3, -0.25) is 9.69 Å². The average Bonchev–Trinajstić information content (AvgIpc) is 2.99. The van der Waals surface area contributed by atoms with Gasteiger partial charge in [0.1, 0.15) is 12.4 Å². The third-order valence-corrected chi connectivity index (χ3v) is 3.34. The summed E-state index contributed by atoms with van der Waals surface area (Å²) in [6, 6.07) is 5.41. The molecule has 0 fully saturated rings. The molecule has 1 aromatic rings. The Morgan fingerprint density at radius 2 is 2.13 bits per heavy atom. The van der Waals surface area contributed by atoms with E-state index in [1.807, 2.05) is 24.1 Å². The number of hydrogen-bond donors (Lipinski definition) is 1. The predicted molar refractivity (Wildman–Crippen MR) is 85.1 cm³/mol. The van der Waals surface area contributed by atoms with Gasteiger partial charge in [0.25, 0.3) is 0 Å². The third kappa shape index (κ3) is 5.96. The van der Waals surface area contributed by atoms with Gasteiger partial charge >= 0.3 is 0 Å². The lowest BCUT2D eigenvalue weighted by atomic mass is 10.3. The Hall–Kier alpha value is -1.99. The molecule has 1 heterocycles. The second kappa shape index (κ2) is 9.22. The largest absolute Gasteiger partial charge is 0.492 e. The van der Waals surface area contributed by atoms with Crippen LogP contribution in [0.1, 0.15) is 6.42 Å². The van der Waals surface area contributed by atoms with Gasteiger partial charge in [-0.25, -0.2) is 0 Å². The Morgan fingerprint density at radius 1 is 1.30 bits per heavy atom. The number of carbonyl (C=O) groups is 1. The van der Waals surface area contributed by atoms with E-state index in [2.05, 4.69) is 5.32 Å². The van der Waals surface area contributed by atoms with E-state index in [1.165, 1.54) is 0 Å². The van der Waals surface area contributed by atoms with Crippen LogP contribution in [-0.4, -0.2) is 64.6 Å². The molecule has 23 heavy (non-hydrogen) atoms. The molecule has 0 unspecified atom stereocenters. The molecule has 0 atom stereocenters. The first-order valence-corrected chi connectivity index (χ1v) is 7.65. The highest BCUT2D eigenvalue weighted by atomic mass is 16.7. The highest BCUT2D eigenvalue weighted by Crippen LogP contribution is 2.34. The van der Waals surface area contributed by atoms with Crippen LogP contribution in [0.25, 0.3) is 0 Å². The minimum Gasteiger partial charge on any atom is -0.492 e. The van der Waals surface area contributed by atoms with E-state index in [9.17, 15) is 4.79 Å². The van der Waals surface area contributed by atoms with Crippen molar-refractivity contribution in [1.82, 2.24) is 10.2 Å². The molecule has 0 radical (unpaired) electrons. The minimum atomic E-state index is -0.0146. The Kier molecular flexibility index (Phi) is 6.96. The quantitative estimate of drug-likeness (QED) is 0.644. The standard InChI is InChI=1S/C16H24N2O5/c1-18(7-3-8-20-2)11-16(19)17-6-9-21-13-4-5-14-15(10-13)23-12-22-14/h4-5,10H,3,6-9,11-12H2,1-2H3,(H,17,19). The van der Waals surface area contributed by atoms with Crippen LogP contribution >= 0.6 is 0 Å². The fraction of sp³-hybridized carbons (Fsp3) is 0.562. The van der Waals surface area contributed by atoms with Gasteiger partial charge in [-0.15, -0.1) is 0 Å². The summed E-state index contributed by atoms with van der Waals surface area (Å²) in [6.45, 7) is 3.00. The Morgan fingerprint density at radius 3 is 2.96 bits per heavy atom. The zero-order valence-electron chi connectivity index (χ0n) is 13.7. The zero-order chi connectivity index (χ0) is 16.5. The summed E-state index contributed by atoms with van der Waals surface area (Å²) in [5.74, 6) is 2.09. The van der Waals surface area contributed by atoms with Gasteiger partial charge in [0.15, 0.2) is 11.5 Å². The van der Waals surface area contributed by atoms with E-state index in [-0.39, 0.29) is 12.7 Å². The number of hydrogen-bond acceptors (Lipinski definition) is 6. The summed E-state index contributed by atoms with van der Waals surface area (Å²) in [7, 11) is 3.59. The molecule has 0 spiro atoms. The van der Waals surface area contributed by atoms with E-state index in [4.69, 9.17) is 18.9 Å². The Balaban J connectivity index is 1.58. The lowest BCUT2D eigenvalue weighted by Crippen LogP contribution is -2.37. The van der Waals surface area contributed by atoms with Gasteiger partial charge in [0.2, 0.25) is 12.7 Å². The van der Waals surface area contributed by atoms with E-state index in [0.29, 0.717) is 37.8 Å². The van der Waals surface area contributed by atoms with Gasteiger partial charge in [0, 0.05) is 26.3 Å². The maximum Gasteiger partial charge on any atom is 0.234 e. The average molecular weight is 324 g/mol. The van der Waals surface area contributed by atoms with Crippen molar-refractivity contribution in [2.45, 2.75) is 6.42 Å². The van der Waals surface area contributed by atoms with E-state index < -0.39 is 0 Å². The van der Waals surface area contributed by atoms with Gasteiger partial charge in [0.05, 0.1) is 13.1 Å². The fourth-order valence-electron chi connectivity index (χ4n) is 2.18. The van der Waals surface area contributed by atoms with Gasteiger partial charge in [-0.1, -0.05) is 0 Å². The summed E-state index contributed by atoms with van der Waals surface area (Å²) < 4.78 is 21.1. The molecule has 7 nitrogen and oxygen atoms in total. The first kappa shape index (κ1) is 17.4. The molecule has 1 N–H and O–H groups in total. The number of amides is 1. The van der Waals surface area contributed by atoms with Crippen LogP contribution in [0.2, 0.25) is 0 Å². The molecular weight excluding hydrogens is 300 g/mol. The molecule has 128 valence electrons. The van der Waals surface area contributed by atoms with Crippen LogP contribution in [0.5, 0.6) is 17.2 Å². The molecule has 0 aromatic heterocycles. The maximum absolute atomic E-state index is 11.8. The number of carbonyl (C=O) groups excluding carboxylic acids is 1. The summed E-state index contributed by atoms with van der Waals surface area (Å²) >= 11 is 0. The summed E-state index contributed by atoms with van der Waals surface area (Å²) in [5, 5.41) is 2.83. The number of rotatable bonds is 10. The van der Waals surface area contributed by atoms with Crippen LogP contribution in [0.4, 0.5) is 0 Å². The van der Waals surface area contributed by atoms with Crippen molar-refractivity contribution in [1.29, 1.82) is 0 Å². The van der Waals surface area contributed by atoms with Crippen molar-refractivity contribution in [2.75, 3.05) is 53.8 Å². The number of methoxy groups -OCH3 is 1. The molecule has 0 bridgehead atoms. The van der Waals surface area contributed by atoms with Crippen molar-refractivity contribution in [3.05, 3.63) is 18.2 Å². The number of ether oxygens (including phenoxy) is 4. The SMILES string of the molecule is COCCCN(C)CC(=O)NCCOc1ccc2c(c1)OCO2. The van der Waals surface area contributed by atoms with E-state index >= 15 is 0 Å². The maximum atomic E-state index is 11.8. The first-order valence-electron chi connectivity index (χ1n) is 7.65. The fourth-order valence-corrected chi connectivity index (χ4v) is 2.18. The van der Waals surface area contributed by atoms with Crippen LogP contribution in [-0.2, 0) is 9.53 Å². The molecule has 0 saturated carbocycles. The van der Waals surface area contributed by atoms with Crippen molar-refractivity contribution in [3.8, 4) is 17.2 Å². The van der Waals surface area contributed by atoms with Crippen LogP contribution in [0, 0.1) is 0 Å². The second-order valence-corrected chi connectivity index (χ2v) is 5.30. The highest BCUT2D eigenvalue weighted by Gasteiger charge is 2.13. The molecule has 1 aromatic carbocycles. The van der Waals surface area contributed by atoms with E-state index in [1.54, 1.807) is 13.2 Å². The topological polar surface area (TPSA) is 69.3 Å². The molecule has 1 aliphatic heterocycles. The number of nitrogens with zero attached hydrogens (tertiary/aromatic N) is 1. The lowest BCUT2D eigenvalue weighted by Gasteiger charge is -2.16. The molecular formula is C16H24N2O5. The van der Waals surface area contributed by atoms with Crippen molar-refractivity contribution in [3.63, 3.8) is 0 Å². The Bertz CT molecular complexity index is 509. The number of fused-ring (bicyclic) bond motifs is 1. The van der Waals surface area contributed by atoms with E-state index in [0.717, 1.165) is 18.7 Å². The van der Waals surface area contributed by atoms with Crippen LogP contribution < -0.4 is 19.5 Å². The Labute approximate surface area is 136 Å². The molecule has 1 amide bonds. The zero-order valence-corrected chi connectivity index (χ0v) is 13.7. The normalized spacial score (nSPS) is 12.5. The lowest BCUT2D eigenvalue weighted by molar-refractivity contribution is -0.122. The molecule has 0 saturated heterocycles. The van der Waals surface area contributed by atoms with Gasteiger partial charge in [-0.05, 0) is 25.6 Å². The first-order chi connectivity index (χ1) is 11.2. The van der Waals surface area contributed by atoms with Crippen LogP contribution in [0.3, 0.4) is 0 Å². The van der Waals surface area contributed by atoms with Gasteiger partial charge in [-0.2, -0.15) is 0 Å². The van der Waals surface area contributed by atoms with Crippen molar-refractivity contribution in [2.24, 2.45) is 0 Å². The second-order valence-electron chi connectivity index (χ2n) is 5.30. The molecule has 7 heteroatoms. The minimum absolute atomic E-state index is 0.0146. The molecule has 0 aliphatic carbocycles. The predicted octanol–water partition coefficient (Wildman–Crippen LogP) is 0.879. The summed E-state index contributed by atoms with van der Waals surface area (Å²) in [5.41, 5.74) is 0. The highest BCUT2D eigenvalue weighted by molar-refractivity contribution is 5.77. The number of nitrogens with one attached hydrogen (secondary N) is 1. The van der Waals surface area contributed by atoms with Crippen LogP contribution in [0.15, 0.2) is 18.2 Å². The summed E-state index contributed by atoms with van der Waals surface area (Å²) in [4.78, 5) is 13.7. The number of benzene rings is 1. The molecule has 1 aliphatic rings. The molecule has 2 rings (SSSR count). The third-order valence-electron chi connectivity index (χ3n) is 3.34. The van der Waals surface area contributed by atoms with Gasteiger partial charge < -0.3 is 24.3 Å². The smallest absolute Gasteiger partial charge is 0.234 e. The van der Waals surface area contributed by atoms with Crippen molar-refractivity contribution >= 4 is 5.91 Å². The summed E-state index contributed by atoms with van der Waals surface area (Å²) in [6.07, 6.45) is 0.910. The van der Waals surface area contributed by atoms with Crippen molar-refractivity contribution < 1.29 is 23.7 Å². The monoisotopic (exact) mass is 324 g/mol.